The highest BCUT2D eigenvalue weighted by Crippen LogP contribution is 2.25. The summed E-state index contributed by atoms with van der Waals surface area (Å²) in [5.74, 6) is -2.39. The fourth-order valence-electron chi connectivity index (χ4n) is 1.48. The van der Waals surface area contributed by atoms with Crippen LogP contribution in [0.15, 0.2) is 12.4 Å². The molecule has 1 rings (SSSR count). The van der Waals surface area contributed by atoms with E-state index in [1.807, 2.05) is 0 Å². The normalized spacial score (nSPS) is 14.1. The zero-order valence-electron chi connectivity index (χ0n) is 9.58. The molecule has 1 heterocycles. The Morgan fingerprint density at radius 3 is 2.65 bits per heavy atom. The third kappa shape index (κ3) is 2.62. The van der Waals surface area contributed by atoms with Gasteiger partial charge in [-0.05, 0) is 6.92 Å². The number of aliphatic hydroxyl groups is 1. The quantitative estimate of drug-likeness (QED) is 0.684. The van der Waals surface area contributed by atoms with Gasteiger partial charge in [-0.2, -0.15) is 0 Å². The van der Waals surface area contributed by atoms with Gasteiger partial charge >= 0.3 is 11.9 Å². The number of carbonyl (C=O) groups is 2. The lowest BCUT2D eigenvalue weighted by molar-refractivity contribution is -0.173. The molecule has 7 nitrogen and oxygen atoms in total. The molecular formula is C10H14N2O5. The lowest BCUT2D eigenvalue weighted by Crippen LogP contribution is -2.41. The Balaban J connectivity index is 3.14. The smallest absolute Gasteiger partial charge is 0.346 e. The molecular weight excluding hydrogens is 228 g/mol. The molecule has 0 aromatic carbocycles. The first-order valence-corrected chi connectivity index (χ1v) is 5.01. The Bertz CT molecular complexity index is 428. The van der Waals surface area contributed by atoms with Crippen molar-refractivity contribution in [3.63, 3.8) is 0 Å². The summed E-state index contributed by atoms with van der Waals surface area (Å²) in [6.07, 6.45) is 2.07. The third-order valence-corrected chi connectivity index (χ3v) is 2.21. The van der Waals surface area contributed by atoms with E-state index in [9.17, 15) is 14.7 Å². The van der Waals surface area contributed by atoms with E-state index in [4.69, 9.17) is 5.11 Å². The van der Waals surface area contributed by atoms with Crippen LogP contribution < -0.4 is 0 Å². The van der Waals surface area contributed by atoms with Gasteiger partial charge < -0.3 is 19.5 Å². The van der Waals surface area contributed by atoms with E-state index in [0.717, 1.165) is 0 Å². The van der Waals surface area contributed by atoms with Crippen molar-refractivity contribution in [1.29, 1.82) is 0 Å². The standard InChI is InChI=1S/C10H14N2O5/c1-3-17-9(15)10(16,6-7(13)14)8-11-4-5-12(8)2/h4-5,16H,3,6H2,1-2H3,(H,13,14). The Hall–Kier alpha value is -1.89. The fourth-order valence-corrected chi connectivity index (χ4v) is 1.48. The first kappa shape index (κ1) is 13.2. The molecule has 0 fully saturated rings. The lowest BCUT2D eigenvalue weighted by Gasteiger charge is -2.23. The monoisotopic (exact) mass is 242 g/mol. The molecule has 1 atom stereocenters. The molecule has 1 aromatic rings. The van der Waals surface area contributed by atoms with Crippen LogP contribution >= 0.6 is 0 Å². The van der Waals surface area contributed by atoms with Crippen LogP contribution in [0.4, 0.5) is 0 Å². The van der Waals surface area contributed by atoms with Crippen LogP contribution in [-0.4, -0.2) is 38.3 Å². The second-order valence-corrected chi connectivity index (χ2v) is 3.51. The maximum atomic E-state index is 11.7. The van der Waals surface area contributed by atoms with Crippen molar-refractivity contribution in [3.8, 4) is 0 Å². The van der Waals surface area contributed by atoms with Crippen LogP contribution in [0.25, 0.3) is 0 Å². The van der Waals surface area contributed by atoms with E-state index in [0.29, 0.717) is 0 Å². The first-order valence-electron chi connectivity index (χ1n) is 5.01. The van der Waals surface area contributed by atoms with Gasteiger partial charge in [0, 0.05) is 19.4 Å². The van der Waals surface area contributed by atoms with Crippen molar-refractivity contribution < 1.29 is 24.5 Å². The van der Waals surface area contributed by atoms with Crippen molar-refractivity contribution in [2.75, 3.05) is 6.61 Å². The number of rotatable bonds is 5. The predicted octanol–water partition coefficient (Wildman–Crippen LogP) is -0.355. The molecule has 1 unspecified atom stereocenters. The third-order valence-electron chi connectivity index (χ3n) is 2.21. The highest BCUT2D eigenvalue weighted by molar-refractivity contribution is 5.85. The maximum Gasteiger partial charge on any atom is 0.346 e. The molecule has 0 bridgehead atoms. The van der Waals surface area contributed by atoms with Gasteiger partial charge in [-0.15, -0.1) is 0 Å². The molecule has 17 heavy (non-hydrogen) atoms. The lowest BCUT2D eigenvalue weighted by atomic mass is 9.99. The number of aromatic nitrogens is 2. The molecule has 0 saturated carbocycles. The van der Waals surface area contributed by atoms with Crippen LogP contribution in [0, 0.1) is 0 Å². The van der Waals surface area contributed by atoms with E-state index in [1.165, 1.54) is 17.0 Å². The van der Waals surface area contributed by atoms with Gasteiger partial charge in [0.15, 0.2) is 5.82 Å². The van der Waals surface area contributed by atoms with Gasteiger partial charge in [-0.25, -0.2) is 9.78 Å². The van der Waals surface area contributed by atoms with E-state index in [1.54, 1.807) is 14.0 Å². The van der Waals surface area contributed by atoms with Gasteiger partial charge in [0.05, 0.1) is 13.0 Å². The molecule has 0 spiro atoms. The average Bonchev–Trinajstić information content (AvgIpc) is 2.64. The summed E-state index contributed by atoms with van der Waals surface area (Å²) >= 11 is 0. The largest absolute Gasteiger partial charge is 0.481 e. The number of aliphatic carboxylic acids is 1. The molecule has 0 aliphatic heterocycles. The molecule has 0 amide bonds. The van der Waals surface area contributed by atoms with Crippen LogP contribution in [0.5, 0.6) is 0 Å². The number of hydrogen-bond donors (Lipinski definition) is 2. The molecule has 2 N–H and O–H groups in total. The summed E-state index contributed by atoms with van der Waals surface area (Å²) < 4.78 is 6.06. The average molecular weight is 242 g/mol. The Kier molecular flexibility index (Phi) is 3.84. The number of carbonyl (C=O) groups excluding carboxylic acids is 1. The van der Waals surface area contributed by atoms with Gasteiger partial charge in [0.2, 0.25) is 5.60 Å². The maximum absolute atomic E-state index is 11.7. The van der Waals surface area contributed by atoms with E-state index < -0.39 is 24.0 Å². The number of esters is 1. The van der Waals surface area contributed by atoms with Crippen molar-refractivity contribution in [2.45, 2.75) is 18.9 Å². The van der Waals surface area contributed by atoms with E-state index in [-0.39, 0.29) is 12.4 Å². The Labute approximate surface area is 97.6 Å². The second kappa shape index (κ2) is 4.96. The predicted molar refractivity (Wildman–Crippen MR) is 56.0 cm³/mol. The summed E-state index contributed by atoms with van der Waals surface area (Å²) in [5, 5.41) is 18.9. The summed E-state index contributed by atoms with van der Waals surface area (Å²) in [6.45, 7) is 1.61. The van der Waals surface area contributed by atoms with Gasteiger partial charge in [0.25, 0.3) is 0 Å². The van der Waals surface area contributed by atoms with E-state index >= 15 is 0 Å². The first-order chi connectivity index (χ1) is 7.91. The van der Waals surface area contributed by atoms with Crippen molar-refractivity contribution in [3.05, 3.63) is 18.2 Å². The number of hydrogen-bond acceptors (Lipinski definition) is 5. The van der Waals surface area contributed by atoms with Gasteiger partial charge in [-0.3, -0.25) is 4.79 Å². The zero-order valence-corrected chi connectivity index (χ0v) is 9.58. The molecule has 94 valence electrons. The SMILES string of the molecule is CCOC(=O)C(O)(CC(=O)O)c1nccn1C. The van der Waals surface area contributed by atoms with Crippen LogP contribution in [0.1, 0.15) is 19.2 Å². The molecule has 7 heteroatoms. The number of carboxylic acids is 1. The second-order valence-electron chi connectivity index (χ2n) is 3.51. The van der Waals surface area contributed by atoms with E-state index in [2.05, 4.69) is 9.72 Å². The minimum atomic E-state index is -2.26. The van der Waals surface area contributed by atoms with Gasteiger partial charge in [-0.1, -0.05) is 0 Å². The van der Waals surface area contributed by atoms with Gasteiger partial charge in [0.1, 0.15) is 0 Å². The summed E-state index contributed by atoms with van der Waals surface area (Å²) in [7, 11) is 1.55. The Morgan fingerprint density at radius 1 is 1.59 bits per heavy atom. The number of imidazole rings is 1. The van der Waals surface area contributed by atoms with Crippen molar-refractivity contribution in [2.24, 2.45) is 7.05 Å². The molecule has 0 radical (unpaired) electrons. The topological polar surface area (TPSA) is 102 Å². The number of nitrogens with zero attached hydrogens (tertiary/aromatic N) is 2. The Morgan fingerprint density at radius 2 is 2.24 bits per heavy atom. The summed E-state index contributed by atoms with van der Waals surface area (Å²) in [5.41, 5.74) is -2.26. The number of carboxylic acid groups (broad SMARTS) is 1. The van der Waals surface area contributed by atoms with Crippen LogP contribution in [0.3, 0.4) is 0 Å². The minimum absolute atomic E-state index is 0.0468. The minimum Gasteiger partial charge on any atom is -0.481 e. The van der Waals surface area contributed by atoms with Crippen LogP contribution in [0.2, 0.25) is 0 Å². The van der Waals surface area contributed by atoms with Crippen molar-refractivity contribution >= 4 is 11.9 Å². The molecule has 0 saturated heterocycles. The molecule has 0 aliphatic rings. The summed E-state index contributed by atoms with van der Waals surface area (Å²) in [6, 6.07) is 0. The number of aryl methyl sites for hydroxylation is 1. The highest BCUT2D eigenvalue weighted by Gasteiger charge is 2.45. The fraction of sp³-hybridized carbons (Fsp3) is 0.500. The molecule has 0 aliphatic carbocycles. The van der Waals surface area contributed by atoms with Crippen molar-refractivity contribution in [1.82, 2.24) is 9.55 Å². The highest BCUT2D eigenvalue weighted by atomic mass is 16.5. The van der Waals surface area contributed by atoms with Crippen LogP contribution in [-0.2, 0) is 27.0 Å². The molecule has 1 aromatic heterocycles. The summed E-state index contributed by atoms with van der Waals surface area (Å²) in [4.78, 5) is 26.2. The number of ether oxygens (including phenoxy) is 1. The zero-order chi connectivity index (χ0) is 13.1.